The Morgan fingerprint density at radius 3 is 1.78 bits per heavy atom. The molecule has 0 aromatic carbocycles. The topological polar surface area (TPSA) is 152 Å². The van der Waals surface area contributed by atoms with Gasteiger partial charge in [-0.3, -0.25) is 9.59 Å². The molecule has 2 unspecified atom stereocenters. The molecule has 0 aliphatic carbocycles. The van der Waals surface area contributed by atoms with Gasteiger partial charge in [0.15, 0.2) is 12.4 Å². The Bertz CT molecular complexity index is 960. The van der Waals surface area contributed by atoms with E-state index in [0.717, 1.165) is 57.8 Å². The van der Waals surface area contributed by atoms with Crippen LogP contribution >= 0.6 is 0 Å². The van der Waals surface area contributed by atoms with Gasteiger partial charge in [-0.1, -0.05) is 140 Å². The first kappa shape index (κ1) is 45.7. The molecule has 50 heavy (non-hydrogen) atoms. The van der Waals surface area contributed by atoms with Crippen LogP contribution in [-0.4, -0.2) is 89.0 Å². The molecule has 0 spiro atoms. The average molecular weight is 709 g/mol. The van der Waals surface area contributed by atoms with Crippen molar-refractivity contribution in [2.75, 3.05) is 19.8 Å². The van der Waals surface area contributed by atoms with Gasteiger partial charge in [-0.05, 0) is 32.1 Å². The van der Waals surface area contributed by atoms with Crippen LogP contribution < -0.4 is 0 Å². The van der Waals surface area contributed by atoms with Crippen molar-refractivity contribution < 1.29 is 49.0 Å². The standard InChI is InChI=1S/C40H68O10/c1-3-5-7-9-11-13-15-16-17-18-19-21-22-24-26-28-35(42)47-31-33(32-48-40-39(46)38(45)37(44)34(30-41)50-40)49-36(43)29-27-25-23-20-14-12-10-8-6-4-2/h5,7,9,11,13,15-17,33-34,37-41,44-46H,3-4,6,8,10,12,14,18-32H2,1-2H3/b7-5+,11-9+,15-13+,17-16+/t33-,34-,37+,38?,39?,40-/m0/s1. The number of aliphatic hydroxyl groups is 4. The summed E-state index contributed by atoms with van der Waals surface area (Å²) in [5, 5.41) is 39.9. The smallest absolute Gasteiger partial charge is 0.306 e. The molecule has 1 fully saturated rings. The number of hydrogen-bond donors (Lipinski definition) is 4. The van der Waals surface area contributed by atoms with Crippen molar-refractivity contribution in [3.63, 3.8) is 0 Å². The summed E-state index contributed by atoms with van der Waals surface area (Å²) in [7, 11) is 0. The largest absolute Gasteiger partial charge is 0.462 e. The molecule has 1 aliphatic heterocycles. The predicted octanol–water partition coefficient (Wildman–Crippen LogP) is 6.93. The van der Waals surface area contributed by atoms with Crippen molar-refractivity contribution in [2.24, 2.45) is 0 Å². The number of rotatable bonds is 30. The number of carbonyl (C=O) groups excluding carboxylic acids is 2. The predicted molar refractivity (Wildman–Crippen MR) is 196 cm³/mol. The summed E-state index contributed by atoms with van der Waals surface area (Å²) >= 11 is 0. The van der Waals surface area contributed by atoms with E-state index in [9.17, 15) is 30.0 Å². The van der Waals surface area contributed by atoms with Crippen molar-refractivity contribution >= 4 is 11.9 Å². The first-order valence-corrected chi connectivity index (χ1v) is 19.3. The highest BCUT2D eigenvalue weighted by Gasteiger charge is 2.44. The van der Waals surface area contributed by atoms with Crippen LogP contribution in [0.1, 0.15) is 136 Å². The van der Waals surface area contributed by atoms with E-state index >= 15 is 0 Å². The number of allylic oxidation sites excluding steroid dienone is 8. The fourth-order valence-corrected chi connectivity index (χ4v) is 5.49. The molecule has 1 aliphatic rings. The van der Waals surface area contributed by atoms with Gasteiger partial charge in [0.25, 0.3) is 0 Å². The zero-order chi connectivity index (χ0) is 36.7. The lowest BCUT2D eigenvalue weighted by Gasteiger charge is -2.39. The van der Waals surface area contributed by atoms with Crippen LogP contribution in [0.3, 0.4) is 0 Å². The Labute approximate surface area is 301 Å². The Kier molecular flexibility index (Phi) is 28.7. The van der Waals surface area contributed by atoms with Gasteiger partial charge in [-0.15, -0.1) is 0 Å². The lowest BCUT2D eigenvalue weighted by atomic mass is 9.99. The molecule has 10 nitrogen and oxygen atoms in total. The molecule has 1 saturated heterocycles. The van der Waals surface area contributed by atoms with Gasteiger partial charge >= 0.3 is 11.9 Å². The summed E-state index contributed by atoms with van der Waals surface area (Å²) in [5.74, 6) is -0.840. The van der Waals surface area contributed by atoms with Gasteiger partial charge in [0.1, 0.15) is 31.0 Å². The maximum absolute atomic E-state index is 12.7. The van der Waals surface area contributed by atoms with Crippen LogP contribution in [0, 0.1) is 0 Å². The Balaban J connectivity index is 2.41. The monoisotopic (exact) mass is 708 g/mol. The molecule has 0 bridgehead atoms. The highest BCUT2D eigenvalue weighted by molar-refractivity contribution is 5.70. The minimum absolute atomic E-state index is 0.224. The number of aliphatic hydroxyl groups excluding tert-OH is 4. The highest BCUT2D eigenvalue weighted by Crippen LogP contribution is 2.22. The Morgan fingerprint density at radius 2 is 1.18 bits per heavy atom. The molecule has 1 rings (SSSR count). The first-order valence-electron chi connectivity index (χ1n) is 19.3. The maximum Gasteiger partial charge on any atom is 0.306 e. The molecular weight excluding hydrogens is 640 g/mol. The molecule has 1 heterocycles. The molecule has 288 valence electrons. The van der Waals surface area contributed by atoms with Crippen molar-refractivity contribution in [2.45, 2.75) is 173 Å². The van der Waals surface area contributed by atoms with E-state index in [4.69, 9.17) is 18.9 Å². The van der Waals surface area contributed by atoms with Crippen LogP contribution in [0.4, 0.5) is 0 Å². The van der Waals surface area contributed by atoms with Crippen molar-refractivity contribution in [3.05, 3.63) is 48.6 Å². The van der Waals surface area contributed by atoms with E-state index in [1.54, 1.807) is 0 Å². The zero-order valence-electron chi connectivity index (χ0n) is 30.9. The number of unbranched alkanes of at least 4 members (excludes halogenated alkanes) is 14. The van der Waals surface area contributed by atoms with Crippen molar-refractivity contribution in [1.29, 1.82) is 0 Å². The number of ether oxygens (including phenoxy) is 4. The normalized spacial score (nSPS) is 21.9. The summed E-state index contributed by atoms with van der Waals surface area (Å²) < 4.78 is 22.0. The maximum atomic E-state index is 12.7. The van der Waals surface area contributed by atoms with Gasteiger partial charge in [-0.25, -0.2) is 0 Å². The molecule has 10 heteroatoms. The number of hydrogen-bond acceptors (Lipinski definition) is 10. The first-order chi connectivity index (χ1) is 24.3. The summed E-state index contributed by atoms with van der Waals surface area (Å²) in [4.78, 5) is 25.1. The van der Waals surface area contributed by atoms with E-state index in [1.807, 2.05) is 30.4 Å². The number of carbonyl (C=O) groups is 2. The zero-order valence-corrected chi connectivity index (χ0v) is 30.9. The van der Waals surface area contributed by atoms with Crippen molar-refractivity contribution in [1.82, 2.24) is 0 Å². The summed E-state index contributed by atoms with van der Waals surface area (Å²) in [6, 6.07) is 0. The summed E-state index contributed by atoms with van der Waals surface area (Å²) in [6.07, 6.45) is 27.0. The molecule has 6 atom stereocenters. The molecule has 4 N–H and O–H groups in total. The van der Waals surface area contributed by atoms with E-state index in [0.29, 0.717) is 12.8 Å². The van der Waals surface area contributed by atoms with E-state index in [-0.39, 0.29) is 26.1 Å². The second kappa shape index (κ2) is 31.4. The highest BCUT2D eigenvalue weighted by atomic mass is 16.7. The van der Waals surface area contributed by atoms with Crippen LogP contribution in [0.5, 0.6) is 0 Å². The number of esters is 2. The molecule has 0 radical (unpaired) electrons. The molecule has 0 saturated carbocycles. The Morgan fingerprint density at radius 1 is 0.640 bits per heavy atom. The molecule has 0 amide bonds. The van der Waals surface area contributed by atoms with Gasteiger partial charge in [0.2, 0.25) is 0 Å². The molecular formula is C40H68O10. The van der Waals surface area contributed by atoms with E-state index in [1.165, 1.54) is 38.5 Å². The third kappa shape index (κ3) is 23.2. The lowest BCUT2D eigenvalue weighted by molar-refractivity contribution is -0.305. The second-order valence-corrected chi connectivity index (χ2v) is 13.1. The third-order valence-corrected chi connectivity index (χ3v) is 8.57. The van der Waals surface area contributed by atoms with E-state index < -0.39 is 55.4 Å². The van der Waals surface area contributed by atoms with Crippen LogP contribution in [0.2, 0.25) is 0 Å². The summed E-state index contributed by atoms with van der Waals surface area (Å²) in [6.45, 7) is 3.21. The quantitative estimate of drug-likeness (QED) is 0.0351. The van der Waals surface area contributed by atoms with E-state index in [2.05, 4.69) is 32.1 Å². The fraction of sp³-hybridized carbons (Fsp3) is 0.750. The van der Waals surface area contributed by atoms with Crippen molar-refractivity contribution in [3.8, 4) is 0 Å². The average Bonchev–Trinajstić information content (AvgIpc) is 3.11. The minimum atomic E-state index is -1.60. The molecule has 0 aromatic rings. The van der Waals surface area contributed by atoms with Gasteiger partial charge in [0.05, 0.1) is 13.2 Å². The lowest BCUT2D eigenvalue weighted by Crippen LogP contribution is -2.59. The SMILES string of the molecule is CC/C=C/C=C/C=C/C=C/CCCCCCCC(=O)OC[C@@H](CO[C@H]1O[C@@H](CO)[C@@H](O)C(O)C1O)OC(=O)CCCCCCCCCCCC. The second-order valence-electron chi connectivity index (χ2n) is 13.1. The van der Waals surface area contributed by atoms with Gasteiger partial charge in [-0.2, -0.15) is 0 Å². The summed E-state index contributed by atoms with van der Waals surface area (Å²) in [5.41, 5.74) is 0. The van der Waals surface area contributed by atoms with Gasteiger partial charge in [0, 0.05) is 12.8 Å². The Hall–Kier alpha value is -2.34. The van der Waals surface area contributed by atoms with Crippen LogP contribution in [0.25, 0.3) is 0 Å². The van der Waals surface area contributed by atoms with Crippen LogP contribution in [0.15, 0.2) is 48.6 Å². The minimum Gasteiger partial charge on any atom is -0.462 e. The van der Waals surface area contributed by atoms with Crippen LogP contribution in [-0.2, 0) is 28.5 Å². The third-order valence-electron chi connectivity index (χ3n) is 8.57. The molecule has 0 aromatic heterocycles. The van der Waals surface area contributed by atoms with Gasteiger partial charge < -0.3 is 39.4 Å². The fourth-order valence-electron chi connectivity index (χ4n) is 5.49.